The third kappa shape index (κ3) is 1.51. The van der Waals surface area contributed by atoms with Gasteiger partial charge in [-0.05, 0) is 25.7 Å². The standard InChI is InChI=1S/C12H15NO3/c1-2-9(14)16-11-10(15)8-3-5-12(11,7-13)6-4-8/h8,11H,2-6H2,1H3. The molecule has 16 heavy (non-hydrogen) atoms. The summed E-state index contributed by atoms with van der Waals surface area (Å²) >= 11 is 0. The van der Waals surface area contributed by atoms with Crippen LogP contribution in [0.5, 0.6) is 0 Å². The summed E-state index contributed by atoms with van der Waals surface area (Å²) in [5, 5.41) is 9.25. The lowest BCUT2D eigenvalue weighted by Crippen LogP contribution is -2.54. The number of Topliss-reactive ketones (excluding diaryl/α,β-unsaturated/α-hetero) is 1. The van der Waals surface area contributed by atoms with Gasteiger partial charge in [-0.15, -0.1) is 0 Å². The molecule has 3 fully saturated rings. The number of hydrogen-bond acceptors (Lipinski definition) is 4. The molecule has 0 radical (unpaired) electrons. The molecule has 0 aromatic heterocycles. The monoisotopic (exact) mass is 221 g/mol. The molecule has 1 atom stereocenters. The fourth-order valence-electron chi connectivity index (χ4n) is 2.72. The van der Waals surface area contributed by atoms with Crippen molar-refractivity contribution < 1.29 is 14.3 Å². The molecule has 4 heteroatoms. The van der Waals surface area contributed by atoms with E-state index in [1.165, 1.54) is 0 Å². The first kappa shape index (κ1) is 11.1. The van der Waals surface area contributed by atoms with Gasteiger partial charge in [0.15, 0.2) is 11.9 Å². The van der Waals surface area contributed by atoms with Crippen molar-refractivity contribution in [2.45, 2.75) is 45.1 Å². The maximum Gasteiger partial charge on any atom is 0.306 e. The molecule has 1 unspecified atom stereocenters. The Morgan fingerprint density at radius 3 is 2.69 bits per heavy atom. The summed E-state index contributed by atoms with van der Waals surface area (Å²) in [5.41, 5.74) is -0.739. The summed E-state index contributed by atoms with van der Waals surface area (Å²) in [6.07, 6.45) is 2.34. The van der Waals surface area contributed by atoms with E-state index in [2.05, 4.69) is 6.07 Å². The highest BCUT2D eigenvalue weighted by Crippen LogP contribution is 2.49. The maximum atomic E-state index is 12.0. The molecular formula is C12H15NO3. The predicted octanol–water partition coefficient (Wildman–Crippen LogP) is 1.59. The van der Waals surface area contributed by atoms with E-state index in [4.69, 9.17) is 4.74 Å². The van der Waals surface area contributed by atoms with Crippen LogP contribution < -0.4 is 0 Å². The molecule has 0 heterocycles. The van der Waals surface area contributed by atoms with E-state index in [0.717, 1.165) is 12.8 Å². The predicted molar refractivity (Wildman–Crippen MR) is 55.2 cm³/mol. The third-order valence-corrected chi connectivity index (χ3v) is 3.80. The summed E-state index contributed by atoms with van der Waals surface area (Å²) in [5.74, 6) is -0.425. The second kappa shape index (κ2) is 3.89. The van der Waals surface area contributed by atoms with Crippen LogP contribution in [0.25, 0.3) is 0 Å². The normalized spacial score (nSPS) is 36.9. The van der Waals surface area contributed by atoms with Crippen LogP contribution in [0.2, 0.25) is 0 Å². The number of hydrogen-bond donors (Lipinski definition) is 0. The van der Waals surface area contributed by atoms with Gasteiger partial charge in [-0.2, -0.15) is 5.26 Å². The van der Waals surface area contributed by atoms with Crippen molar-refractivity contribution in [2.75, 3.05) is 0 Å². The highest BCUT2D eigenvalue weighted by Gasteiger charge is 2.55. The number of carbonyl (C=O) groups excluding carboxylic acids is 2. The average molecular weight is 221 g/mol. The molecule has 3 saturated carbocycles. The molecule has 0 saturated heterocycles. The summed E-state index contributed by atoms with van der Waals surface area (Å²) in [6.45, 7) is 1.69. The van der Waals surface area contributed by atoms with Crippen LogP contribution in [0.3, 0.4) is 0 Å². The van der Waals surface area contributed by atoms with E-state index in [0.29, 0.717) is 12.8 Å². The molecule has 0 aliphatic heterocycles. The third-order valence-electron chi connectivity index (χ3n) is 3.80. The Morgan fingerprint density at radius 2 is 2.19 bits per heavy atom. The molecule has 3 aliphatic rings. The minimum Gasteiger partial charge on any atom is -0.453 e. The van der Waals surface area contributed by atoms with Crippen LogP contribution in [0.4, 0.5) is 0 Å². The second-order valence-corrected chi connectivity index (χ2v) is 4.67. The van der Waals surface area contributed by atoms with Crippen molar-refractivity contribution in [3.63, 3.8) is 0 Å². The summed E-state index contributed by atoms with van der Waals surface area (Å²) in [4.78, 5) is 23.3. The van der Waals surface area contributed by atoms with E-state index in [-0.39, 0.29) is 24.1 Å². The summed E-state index contributed by atoms with van der Waals surface area (Å²) in [6, 6.07) is 2.22. The molecule has 0 spiro atoms. The first-order valence-electron chi connectivity index (χ1n) is 5.77. The van der Waals surface area contributed by atoms with Gasteiger partial charge in [0.1, 0.15) is 5.41 Å². The molecule has 0 aromatic carbocycles. The van der Waals surface area contributed by atoms with Crippen molar-refractivity contribution in [1.82, 2.24) is 0 Å². The van der Waals surface area contributed by atoms with Crippen molar-refractivity contribution in [3.8, 4) is 6.07 Å². The first-order valence-corrected chi connectivity index (χ1v) is 5.77. The quantitative estimate of drug-likeness (QED) is 0.664. The number of esters is 1. The average Bonchev–Trinajstić information content (AvgIpc) is 2.34. The molecular weight excluding hydrogens is 206 g/mol. The van der Waals surface area contributed by atoms with Gasteiger partial charge >= 0.3 is 5.97 Å². The number of ether oxygens (including phenoxy) is 1. The largest absolute Gasteiger partial charge is 0.453 e. The van der Waals surface area contributed by atoms with Gasteiger partial charge in [0.2, 0.25) is 0 Å². The lowest BCUT2D eigenvalue weighted by Gasteiger charge is -2.45. The zero-order chi connectivity index (χ0) is 11.8. The van der Waals surface area contributed by atoms with Crippen LogP contribution in [-0.4, -0.2) is 17.9 Å². The Balaban J connectivity index is 2.24. The molecule has 0 aromatic rings. The number of ketones is 1. The Bertz CT molecular complexity index is 361. The fraction of sp³-hybridized carbons (Fsp3) is 0.750. The lowest BCUT2D eigenvalue weighted by atomic mass is 9.59. The highest BCUT2D eigenvalue weighted by atomic mass is 16.5. The van der Waals surface area contributed by atoms with Crippen molar-refractivity contribution >= 4 is 11.8 Å². The Labute approximate surface area is 94.6 Å². The smallest absolute Gasteiger partial charge is 0.306 e. The molecule has 0 N–H and O–H groups in total. The van der Waals surface area contributed by atoms with Crippen molar-refractivity contribution in [1.29, 1.82) is 5.26 Å². The van der Waals surface area contributed by atoms with E-state index < -0.39 is 11.5 Å². The minimum absolute atomic E-state index is 0.00452. The Kier molecular flexibility index (Phi) is 2.71. The molecule has 0 amide bonds. The maximum absolute atomic E-state index is 12.0. The van der Waals surface area contributed by atoms with Crippen molar-refractivity contribution in [3.05, 3.63) is 0 Å². The van der Waals surface area contributed by atoms with Gasteiger partial charge in [-0.3, -0.25) is 9.59 Å². The van der Waals surface area contributed by atoms with Gasteiger partial charge in [0.25, 0.3) is 0 Å². The van der Waals surface area contributed by atoms with Gasteiger partial charge in [-0.1, -0.05) is 6.92 Å². The van der Waals surface area contributed by atoms with Gasteiger partial charge in [0.05, 0.1) is 6.07 Å². The summed E-state index contributed by atoms with van der Waals surface area (Å²) < 4.78 is 5.17. The first-order chi connectivity index (χ1) is 7.63. The van der Waals surface area contributed by atoms with Gasteiger partial charge in [0, 0.05) is 12.3 Å². The molecule has 3 rings (SSSR count). The molecule has 4 nitrogen and oxygen atoms in total. The van der Waals surface area contributed by atoms with E-state index in [9.17, 15) is 14.9 Å². The van der Waals surface area contributed by atoms with E-state index >= 15 is 0 Å². The number of carbonyl (C=O) groups is 2. The zero-order valence-electron chi connectivity index (χ0n) is 9.36. The van der Waals surface area contributed by atoms with Gasteiger partial charge < -0.3 is 4.74 Å². The minimum atomic E-state index is -0.808. The number of rotatable bonds is 2. The van der Waals surface area contributed by atoms with Crippen LogP contribution in [0.15, 0.2) is 0 Å². The van der Waals surface area contributed by atoms with Crippen LogP contribution >= 0.6 is 0 Å². The Morgan fingerprint density at radius 1 is 1.56 bits per heavy atom. The van der Waals surface area contributed by atoms with Crippen LogP contribution in [-0.2, 0) is 14.3 Å². The number of nitrogens with zero attached hydrogens (tertiary/aromatic N) is 1. The van der Waals surface area contributed by atoms with Crippen LogP contribution in [0, 0.1) is 22.7 Å². The molecule has 86 valence electrons. The lowest BCUT2D eigenvalue weighted by molar-refractivity contribution is -0.171. The zero-order valence-corrected chi connectivity index (χ0v) is 9.36. The Hall–Kier alpha value is -1.37. The molecule has 2 bridgehead atoms. The fourth-order valence-corrected chi connectivity index (χ4v) is 2.72. The number of nitriles is 1. The highest BCUT2D eigenvalue weighted by molar-refractivity contribution is 5.90. The van der Waals surface area contributed by atoms with E-state index in [1.807, 2.05) is 0 Å². The van der Waals surface area contributed by atoms with Crippen LogP contribution in [0.1, 0.15) is 39.0 Å². The SMILES string of the molecule is CCC(=O)OC1C(=O)C2CCC1(C#N)CC2. The summed E-state index contributed by atoms with van der Waals surface area (Å²) in [7, 11) is 0. The van der Waals surface area contributed by atoms with E-state index in [1.54, 1.807) is 6.92 Å². The number of fused-ring (bicyclic) bond motifs is 3. The van der Waals surface area contributed by atoms with Gasteiger partial charge in [-0.25, -0.2) is 0 Å². The van der Waals surface area contributed by atoms with Crippen molar-refractivity contribution in [2.24, 2.45) is 11.3 Å². The molecule has 3 aliphatic carbocycles. The topological polar surface area (TPSA) is 67.2 Å². The second-order valence-electron chi connectivity index (χ2n) is 4.67.